The van der Waals surface area contributed by atoms with E-state index in [0.717, 1.165) is 0 Å². The lowest BCUT2D eigenvalue weighted by atomic mass is 10.1. The van der Waals surface area contributed by atoms with Gasteiger partial charge in [-0.05, 0) is 6.92 Å². The number of carbonyl (C=O) groups excluding carboxylic acids is 1. The number of carboxylic acids is 1. The molecule has 82 valence electrons. The minimum absolute atomic E-state index is 0.109. The molecule has 0 saturated heterocycles. The fourth-order valence-electron chi connectivity index (χ4n) is 0.732. The van der Waals surface area contributed by atoms with Crippen molar-refractivity contribution in [2.45, 2.75) is 25.1 Å². The van der Waals surface area contributed by atoms with Crippen LogP contribution in [-0.4, -0.2) is 46.0 Å². The molecule has 0 heterocycles. The van der Waals surface area contributed by atoms with Crippen LogP contribution in [0.15, 0.2) is 0 Å². The number of hydrogen-bond donors (Lipinski definition) is 5. The third-order valence-corrected chi connectivity index (χ3v) is 1.97. The normalized spacial score (nSPS) is 16.9. The molecule has 0 aromatic rings. The first kappa shape index (κ1) is 13.2. The lowest BCUT2D eigenvalue weighted by Gasteiger charge is -2.18. The highest BCUT2D eigenvalue weighted by atomic mass is 32.1. The van der Waals surface area contributed by atoms with Crippen molar-refractivity contribution in [3.8, 4) is 0 Å². The Morgan fingerprint density at radius 2 is 2.07 bits per heavy atom. The average molecular weight is 222 g/mol. The van der Waals surface area contributed by atoms with Crippen LogP contribution in [-0.2, 0) is 9.59 Å². The van der Waals surface area contributed by atoms with Gasteiger partial charge in [0.15, 0.2) is 6.04 Å². The number of aliphatic hydroxyl groups excluding tert-OH is 1. The van der Waals surface area contributed by atoms with E-state index in [4.69, 9.17) is 15.9 Å². The second kappa shape index (κ2) is 5.84. The molecule has 0 spiro atoms. The molecule has 0 rings (SSSR count). The van der Waals surface area contributed by atoms with Crippen LogP contribution in [0.25, 0.3) is 0 Å². The first-order valence-electron chi connectivity index (χ1n) is 3.97. The Morgan fingerprint density at radius 1 is 1.57 bits per heavy atom. The monoisotopic (exact) mass is 222 g/mol. The molecule has 5 N–H and O–H groups in total. The molecule has 0 fully saturated rings. The molecule has 0 radical (unpaired) electrons. The maximum Gasteiger partial charge on any atom is 0.328 e. The second-order valence-electron chi connectivity index (χ2n) is 2.85. The Balaban J connectivity index is 4.31. The maximum absolute atomic E-state index is 11.1. The van der Waals surface area contributed by atoms with E-state index in [1.807, 2.05) is 0 Å². The Labute approximate surface area is 86.9 Å². The van der Waals surface area contributed by atoms with Gasteiger partial charge in [-0.15, -0.1) is 0 Å². The third-order valence-electron chi connectivity index (χ3n) is 1.58. The lowest BCUT2D eigenvalue weighted by molar-refractivity contribution is -0.144. The van der Waals surface area contributed by atoms with Gasteiger partial charge in [0.05, 0.1) is 12.1 Å². The molecule has 0 saturated carbocycles. The van der Waals surface area contributed by atoms with Crippen LogP contribution < -0.4 is 11.1 Å². The van der Waals surface area contributed by atoms with E-state index in [1.165, 1.54) is 6.92 Å². The Bertz CT molecular complexity index is 222. The molecule has 1 unspecified atom stereocenters. The summed E-state index contributed by atoms with van der Waals surface area (Å²) in [7, 11) is 0. The smallest absolute Gasteiger partial charge is 0.328 e. The van der Waals surface area contributed by atoms with Crippen LogP contribution in [0.1, 0.15) is 6.92 Å². The molecule has 3 atom stereocenters. The predicted octanol–water partition coefficient (Wildman–Crippen LogP) is -1.81. The minimum Gasteiger partial charge on any atom is -0.480 e. The summed E-state index contributed by atoms with van der Waals surface area (Å²) in [6.45, 7) is 1.27. The summed E-state index contributed by atoms with van der Waals surface area (Å²) in [5, 5.41) is 19.7. The van der Waals surface area contributed by atoms with Crippen molar-refractivity contribution in [1.29, 1.82) is 0 Å². The fraction of sp³-hybridized carbons (Fsp3) is 0.714. The van der Waals surface area contributed by atoms with E-state index in [2.05, 4.69) is 17.9 Å². The molecule has 14 heavy (non-hydrogen) atoms. The van der Waals surface area contributed by atoms with E-state index in [-0.39, 0.29) is 5.75 Å². The van der Waals surface area contributed by atoms with Gasteiger partial charge in [-0.2, -0.15) is 12.6 Å². The van der Waals surface area contributed by atoms with E-state index < -0.39 is 30.1 Å². The molecule has 1 amide bonds. The topological polar surface area (TPSA) is 113 Å². The van der Waals surface area contributed by atoms with Gasteiger partial charge in [-0.3, -0.25) is 4.79 Å². The Hall–Kier alpha value is -0.790. The molecule has 0 aliphatic carbocycles. The van der Waals surface area contributed by atoms with Crippen molar-refractivity contribution in [3.63, 3.8) is 0 Å². The van der Waals surface area contributed by atoms with Crippen molar-refractivity contribution in [3.05, 3.63) is 0 Å². The van der Waals surface area contributed by atoms with Gasteiger partial charge in [0.1, 0.15) is 0 Å². The maximum atomic E-state index is 11.1. The van der Waals surface area contributed by atoms with Gasteiger partial charge < -0.3 is 21.3 Å². The van der Waals surface area contributed by atoms with Crippen molar-refractivity contribution < 1.29 is 19.8 Å². The summed E-state index contributed by atoms with van der Waals surface area (Å²) in [5.74, 6) is -1.84. The summed E-state index contributed by atoms with van der Waals surface area (Å²) < 4.78 is 0. The van der Waals surface area contributed by atoms with Crippen LogP contribution in [0.5, 0.6) is 0 Å². The third kappa shape index (κ3) is 3.95. The molecule has 0 aromatic carbocycles. The fourth-order valence-corrected chi connectivity index (χ4v) is 0.898. The first-order valence-corrected chi connectivity index (χ1v) is 4.61. The molecule has 0 aromatic heterocycles. The largest absolute Gasteiger partial charge is 0.480 e. The number of carbonyl (C=O) groups is 2. The predicted molar refractivity (Wildman–Crippen MR) is 53.1 cm³/mol. The minimum atomic E-state index is -1.34. The second-order valence-corrected chi connectivity index (χ2v) is 3.22. The highest BCUT2D eigenvalue weighted by molar-refractivity contribution is 7.80. The number of carboxylic acid groups (broad SMARTS) is 1. The number of nitrogens with one attached hydrogen (secondary N) is 1. The van der Waals surface area contributed by atoms with Crippen molar-refractivity contribution >= 4 is 24.5 Å². The number of aliphatic carboxylic acids is 1. The number of thiol groups is 1. The summed E-state index contributed by atoms with van der Waals surface area (Å²) in [6, 6.07) is -2.22. The van der Waals surface area contributed by atoms with Gasteiger partial charge >= 0.3 is 5.97 Å². The summed E-state index contributed by atoms with van der Waals surface area (Å²) in [6.07, 6.45) is -1.18. The van der Waals surface area contributed by atoms with Gasteiger partial charge in [0.25, 0.3) is 0 Å². The van der Waals surface area contributed by atoms with Crippen LogP contribution in [0.4, 0.5) is 0 Å². The zero-order chi connectivity index (χ0) is 11.3. The average Bonchev–Trinajstić information content (AvgIpc) is 2.11. The van der Waals surface area contributed by atoms with Gasteiger partial charge in [-0.25, -0.2) is 4.79 Å². The molecular weight excluding hydrogens is 208 g/mol. The van der Waals surface area contributed by atoms with Gasteiger partial charge in [0.2, 0.25) is 5.91 Å². The Kier molecular flexibility index (Phi) is 5.51. The standard InChI is InChI=1S/C7H14N2O4S/c1-3(10)5(7(12)13)9-6(11)4(8)2-14/h3-5,10,14H,2,8H2,1H3,(H,9,11)(H,12,13)/t3?,4-,5+/m1/s1. The Morgan fingerprint density at radius 3 is 2.36 bits per heavy atom. The number of aliphatic hydroxyl groups is 1. The van der Waals surface area contributed by atoms with Crippen molar-refractivity contribution in [1.82, 2.24) is 5.32 Å². The van der Waals surface area contributed by atoms with Crippen LogP contribution >= 0.6 is 12.6 Å². The van der Waals surface area contributed by atoms with Crippen molar-refractivity contribution in [2.24, 2.45) is 5.73 Å². The number of amides is 1. The highest BCUT2D eigenvalue weighted by Crippen LogP contribution is 1.94. The number of hydrogen-bond acceptors (Lipinski definition) is 5. The van der Waals surface area contributed by atoms with E-state index in [0.29, 0.717) is 0 Å². The quantitative estimate of drug-likeness (QED) is 0.352. The number of nitrogens with two attached hydrogens (primary N) is 1. The molecule has 0 bridgehead atoms. The summed E-state index contributed by atoms with van der Waals surface area (Å²) >= 11 is 3.79. The SMILES string of the molecule is CC(O)[C@H](NC(=O)[C@H](N)CS)C(=O)O. The zero-order valence-corrected chi connectivity index (χ0v) is 8.57. The molecular formula is C7H14N2O4S. The first-order chi connectivity index (χ1) is 6.40. The van der Waals surface area contributed by atoms with E-state index >= 15 is 0 Å². The molecule has 0 aliphatic heterocycles. The zero-order valence-electron chi connectivity index (χ0n) is 7.67. The van der Waals surface area contributed by atoms with Crippen molar-refractivity contribution in [2.75, 3.05) is 5.75 Å². The van der Waals surface area contributed by atoms with E-state index in [9.17, 15) is 9.59 Å². The summed E-state index contributed by atoms with van der Waals surface area (Å²) in [4.78, 5) is 21.7. The van der Waals surface area contributed by atoms with Gasteiger partial charge in [-0.1, -0.05) is 0 Å². The van der Waals surface area contributed by atoms with Gasteiger partial charge in [0, 0.05) is 5.75 Å². The van der Waals surface area contributed by atoms with E-state index in [1.54, 1.807) is 0 Å². The number of rotatable bonds is 5. The molecule has 6 nitrogen and oxygen atoms in total. The van der Waals surface area contributed by atoms with Crippen LogP contribution in [0.2, 0.25) is 0 Å². The molecule has 7 heteroatoms. The van der Waals surface area contributed by atoms with Crippen LogP contribution in [0.3, 0.4) is 0 Å². The lowest BCUT2D eigenvalue weighted by Crippen LogP contribution is -2.53. The summed E-state index contributed by atoms with van der Waals surface area (Å²) in [5.41, 5.74) is 5.30. The molecule has 0 aliphatic rings. The van der Waals surface area contributed by atoms with Crippen LogP contribution in [0, 0.1) is 0 Å². The highest BCUT2D eigenvalue weighted by Gasteiger charge is 2.26.